The number of hydrogen-bond donors (Lipinski definition) is 2. The monoisotopic (exact) mass is 239 g/mol. The van der Waals surface area contributed by atoms with Gasteiger partial charge in [-0.2, -0.15) is 0 Å². The molecule has 16 heavy (non-hydrogen) atoms. The molecule has 2 aromatic heterocycles. The van der Waals surface area contributed by atoms with Crippen molar-refractivity contribution in [1.82, 2.24) is 19.7 Å². The largest absolute Gasteiger partial charge is 0.476 e. The Labute approximate surface area is 94.8 Å². The summed E-state index contributed by atoms with van der Waals surface area (Å²) < 4.78 is 1.76. The number of thiazole rings is 1. The summed E-state index contributed by atoms with van der Waals surface area (Å²) in [4.78, 5) is 14.5. The number of aromatic carboxylic acids is 1. The molecule has 0 amide bonds. The molecule has 84 valence electrons. The van der Waals surface area contributed by atoms with E-state index in [1.165, 1.54) is 16.8 Å². The van der Waals surface area contributed by atoms with Crippen LogP contribution < -0.4 is 5.32 Å². The average molecular weight is 239 g/mol. The molecule has 0 aliphatic carbocycles. The molecule has 0 unspecified atom stereocenters. The van der Waals surface area contributed by atoms with E-state index in [4.69, 9.17) is 5.11 Å². The zero-order chi connectivity index (χ0) is 11.5. The molecule has 7 nitrogen and oxygen atoms in total. The first-order valence-corrected chi connectivity index (χ1v) is 5.30. The van der Waals surface area contributed by atoms with Gasteiger partial charge < -0.3 is 15.0 Å². The molecule has 8 heteroatoms. The maximum absolute atomic E-state index is 10.8. The van der Waals surface area contributed by atoms with Crippen molar-refractivity contribution >= 4 is 22.3 Å². The summed E-state index contributed by atoms with van der Waals surface area (Å²) in [6, 6.07) is 0. The van der Waals surface area contributed by atoms with E-state index in [0.29, 0.717) is 11.5 Å². The topological polar surface area (TPSA) is 92.9 Å². The van der Waals surface area contributed by atoms with Crippen molar-refractivity contribution in [2.75, 3.05) is 5.32 Å². The number of aryl methyl sites for hydroxylation is 1. The quantitative estimate of drug-likeness (QED) is 0.810. The average Bonchev–Trinajstić information content (AvgIpc) is 2.83. The smallest absolute Gasteiger partial charge is 0.357 e. The molecule has 0 saturated carbocycles. The van der Waals surface area contributed by atoms with Crippen molar-refractivity contribution in [3.8, 4) is 0 Å². The first-order chi connectivity index (χ1) is 7.68. The first-order valence-electron chi connectivity index (χ1n) is 4.42. The number of aromatic nitrogens is 4. The second-order valence-corrected chi connectivity index (χ2v) is 3.90. The molecule has 0 aliphatic rings. The molecule has 2 heterocycles. The van der Waals surface area contributed by atoms with Gasteiger partial charge in [-0.3, -0.25) is 0 Å². The number of nitrogens with one attached hydrogen (secondary N) is 1. The van der Waals surface area contributed by atoms with Gasteiger partial charge in [-0.25, -0.2) is 9.78 Å². The van der Waals surface area contributed by atoms with Crippen LogP contribution in [0, 0.1) is 0 Å². The van der Waals surface area contributed by atoms with Gasteiger partial charge in [0.2, 0.25) is 0 Å². The van der Waals surface area contributed by atoms with Gasteiger partial charge in [-0.1, -0.05) is 0 Å². The van der Waals surface area contributed by atoms with Crippen LogP contribution in [0.5, 0.6) is 0 Å². The third-order valence-corrected chi connectivity index (χ3v) is 2.77. The number of carboxylic acid groups (broad SMARTS) is 1. The number of rotatable bonds is 4. The molecule has 0 atom stereocenters. The van der Waals surface area contributed by atoms with Gasteiger partial charge in [-0.05, 0) is 0 Å². The Hall–Kier alpha value is -1.96. The third kappa shape index (κ3) is 2.01. The van der Waals surface area contributed by atoms with Crippen molar-refractivity contribution < 1.29 is 9.90 Å². The Kier molecular flexibility index (Phi) is 2.82. The van der Waals surface area contributed by atoms with Crippen molar-refractivity contribution in [3.05, 3.63) is 23.4 Å². The fraction of sp³-hybridized carbons (Fsp3) is 0.250. The van der Waals surface area contributed by atoms with Gasteiger partial charge in [-0.15, -0.1) is 21.5 Å². The summed E-state index contributed by atoms with van der Waals surface area (Å²) >= 11 is 1.25. The molecule has 0 spiro atoms. The highest BCUT2D eigenvalue weighted by Crippen LogP contribution is 2.20. The van der Waals surface area contributed by atoms with Gasteiger partial charge in [0.15, 0.2) is 11.5 Å². The van der Waals surface area contributed by atoms with Crippen LogP contribution in [0.2, 0.25) is 0 Å². The SMILES string of the molecule is Cn1cnnc1CNc1scnc1C(=O)O. The number of anilines is 1. The molecule has 0 bridgehead atoms. The normalized spacial score (nSPS) is 10.3. The summed E-state index contributed by atoms with van der Waals surface area (Å²) in [6.45, 7) is 0.416. The second kappa shape index (κ2) is 4.27. The van der Waals surface area contributed by atoms with E-state index in [0.717, 1.165) is 5.82 Å². The Bertz CT molecular complexity index is 506. The highest BCUT2D eigenvalue weighted by molar-refractivity contribution is 7.14. The highest BCUT2D eigenvalue weighted by Gasteiger charge is 2.13. The fourth-order valence-corrected chi connectivity index (χ4v) is 1.82. The van der Waals surface area contributed by atoms with Crippen LogP contribution in [-0.2, 0) is 13.6 Å². The number of hydrogen-bond acceptors (Lipinski definition) is 6. The van der Waals surface area contributed by atoms with Crippen LogP contribution in [0.3, 0.4) is 0 Å². The minimum absolute atomic E-state index is 0.0344. The summed E-state index contributed by atoms with van der Waals surface area (Å²) in [7, 11) is 1.82. The van der Waals surface area contributed by atoms with Crippen LogP contribution in [0.15, 0.2) is 11.8 Å². The van der Waals surface area contributed by atoms with E-state index in [1.807, 2.05) is 7.05 Å². The molecule has 2 rings (SSSR count). The van der Waals surface area contributed by atoms with Crippen molar-refractivity contribution in [2.45, 2.75) is 6.54 Å². The lowest BCUT2D eigenvalue weighted by Crippen LogP contribution is -2.08. The standard InChI is InChI=1S/C8H9N5O2S/c1-13-3-11-12-5(13)2-9-7-6(8(14)15)10-4-16-7/h3-4,9H,2H2,1H3,(H,14,15). The molecule has 2 aromatic rings. The highest BCUT2D eigenvalue weighted by atomic mass is 32.1. The molecular formula is C8H9N5O2S. The number of nitrogens with zero attached hydrogens (tertiary/aromatic N) is 4. The molecule has 2 N–H and O–H groups in total. The predicted molar refractivity (Wildman–Crippen MR) is 57.4 cm³/mol. The molecule has 0 aromatic carbocycles. The summed E-state index contributed by atoms with van der Waals surface area (Å²) in [6.07, 6.45) is 1.59. The van der Waals surface area contributed by atoms with E-state index in [9.17, 15) is 4.79 Å². The minimum Gasteiger partial charge on any atom is -0.476 e. The summed E-state index contributed by atoms with van der Waals surface area (Å²) in [5.41, 5.74) is 1.52. The Morgan fingerprint density at radius 3 is 3.12 bits per heavy atom. The summed E-state index contributed by atoms with van der Waals surface area (Å²) in [5, 5.41) is 19.9. The van der Waals surface area contributed by atoms with Crippen molar-refractivity contribution in [1.29, 1.82) is 0 Å². The number of carbonyl (C=O) groups is 1. The Morgan fingerprint density at radius 1 is 1.69 bits per heavy atom. The molecule has 0 saturated heterocycles. The molecular weight excluding hydrogens is 230 g/mol. The van der Waals surface area contributed by atoms with E-state index >= 15 is 0 Å². The van der Waals surface area contributed by atoms with Gasteiger partial charge in [0.25, 0.3) is 0 Å². The lowest BCUT2D eigenvalue weighted by atomic mass is 10.4. The maximum atomic E-state index is 10.8. The Balaban J connectivity index is 2.08. The van der Waals surface area contributed by atoms with E-state index in [-0.39, 0.29) is 5.69 Å². The van der Waals surface area contributed by atoms with Gasteiger partial charge in [0.05, 0.1) is 12.1 Å². The third-order valence-electron chi connectivity index (χ3n) is 1.98. The molecule has 0 fully saturated rings. The van der Waals surface area contributed by atoms with Gasteiger partial charge in [0.1, 0.15) is 11.3 Å². The summed E-state index contributed by atoms with van der Waals surface area (Å²) in [5.74, 6) is -0.313. The van der Waals surface area contributed by atoms with E-state index in [2.05, 4.69) is 20.5 Å². The van der Waals surface area contributed by atoms with E-state index < -0.39 is 5.97 Å². The molecule has 0 radical (unpaired) electrons. The fourth-order valence-electron chi connectivity index (χ4n) is 1.15. The van der Waals surface area contributed by atoms with Crippen LogP contribution in [-0.4, -0.2) is 30.8 Å². The zero-order valence-electron chi connectivity index (χ0n) is 8.41. The van der Waals surface area contributed by atoms with Crippen molar-refractivity contribution in [3.63, 3.8) is 0 Å². The zero-order valence-corrected chi connectivity index (χ0v) is 9.23. The minimum atomic E-state index is -1.04. The van der Waals surface area contributed by atoms with Gasteiger partial charge >= 0.3 is 5.97 Å². The lowest BCUT2D eigenvalue weighted by molar-refractivity contribution is 0.0692. The van der Waals surface area contributed by atoms with Crippen LogP contribution in [0.25, 0.3) is 0 Å². The molecule has 0 aliphatic heterocycles. The van der Waals surface area contributed by atoms with Crippen molar-refractivity contribution in [2.24, 2.45) is 7.05 Å². The van der Waals surface area contributed by atoms with Crippen LogP contribution in [0.4, 0.5) is 5.00 Å². The Morgan fingerprint density at radius 2 is 2.50 bits per heavy atom. The first kappa shape index (κ1) is 10.6. The maximum Gasteiger partial charge on any atom is 0.357 e. The van der Waals surface area contributed by atoms with Crippen LogP contribution >= 0.6 is 11.3 Å². The predicted octanol–water partition coefficient (Wildman–Crippen LogP) is 0.582. The van der Waals surface area contributed by atoms with E-state index in [1.54, 1.807) is 10.9 Å². The second-order valence-electron chi connectivity index (χ2n) is 3.05. The lowest BCUT2D eigenvalue weighted by Gasteiger charge is -2.03. The number of carboxylic acids is 1. The van der Waals surface area contributed by atoms with Gasteiger partial charge in [0, 0.05) is 7.05 Å². The van der Waals surface area contributed by atoms with Crippen LogP contribution in [0.1, 0.15) is 16.3 Å².